The fourth-order valence-electron chi connectivity index (χ4n) is 2.55. The van der Waals surface area contributed by atoms with Gasteiger partial charge in [-0.05, 0) is 47.5 Å². The molecule has 144 valence electrons. The van der Waals surface area contributed by atoms with Crippen LogP contribution in [0.15, 0.2) is 84.9 Å². The van der Waals surface area contributed by atoms with Gasteiger partial charge in [-0.3, -0.25) is 9.59 Å². The lowest BCUT2D eigenvalue weighted by Gasteiger charge is -2.04. The first-order chi connectivity index (χ1) is 14.0. The summed E-state index contributed by atoms with van der Waals surface area (Å²) in [6, 6.07) is 21.4. The number of hydrogen-bond donors (Lipinski definition) is 1. The van der Waals surface area contributed by atoms with Crippen LogP contribution in [0.25, 0.3) is 12.2 Å². The fourth-order valence-corrected chi connectivity index (χ4v) is 2.86. The molecule has 3 aromatic carbocycles. The lowest BCUT2D eigenvalue weighted by atomic mass is 10.1. The van der Waals surface area contributed by atoms with Crippen LogP contribution in [-0.4, -0.2) is 11.7 Å². The van der Waals surface area contributed by atoms with Gasteiger partial charge in [-0.25, -0.2) is 0 Å². The van der Waals surface area contributed by atoms with Crippen molar-refractivity contribution in [3.8, 4) is 0 Å². The van der Waals surface area contributed by atoms with Crippen LogP contribution in [0, 0.1) is 0 Å². The van der Waals surface area contributed by atoms with Gasteiger partial charge in [0.05, 0.1) is 10.0 Å². The van der Waals surface area contributed by atoms with Gasteiger partial charge in [0.15, 0.2) is 5.78 Å². The van der Waals surface area contributed by atoms with Crippen LogP contribution in [0.1, 0.15) is 21.5 Å². The molecule has 3 nitrogen and oxygen atoms in total. The summed E-state index contributed by atoms with van der Waals surface area (Å²) >= 11 is 11.9. The summed E-state index contributed by atoms with van der Waals surface area (Å²) in [6.07, 6.45) is 6.30. The van der Waals surface area contributed by atoms with Crippen LogP contribution in [0.4, 0.5) is 5.69 Å². The molecule has 3 rings (SSSR count). The number of benzene rings is 3. The monoisotopic (exact) mass is 421 g/mol. The van der Waals surface area contributed by atoms with Crippen molar-refractivity contribution < 1.29 is 9.59 Å². The van der Waals surface area contributed by atoms with Crippen LogP contribution in [0.2, 0.25) is 10.0 Å². The molecule has 3 aromatic rings. The SMILES string of the molecule is O=C(C=Cc1ccccc1)Nc1cccc(C(=O)/C=C/c2ccc(Cl)c(Cl)c2)c1. The van der Waals surface area contributed by atoms with Gasteiger partial charge in [0.1, 0.15) is 0 Å². The molecule has 1 N–H and O–H groups in total. The molecule has 1 amide bonds. The highest BCUT2D eigenvalue weighted by molar-refractivity contribution is 6.42. The number of carbonyl (C=O) groups is 2. The maximum Gasteiger partial charge on any atom is 0.248 e. The number of halogens is 2. The number of anilines is 1. The first kappa shape index (κ1) is 20.6. The molecule has 0 radical (unpaired) electrons. The minimum Gasteiger partial charge on any atom is -0.322 e. The number of allylic oxidation sites excluding steroid dienone is 1. The molecule has 0 aliphatic rings. The molecule has 0 fully saturated rings. The molecule has 0 aliphatic carbocycles. The third-order valence-corrected chi connectivity index (χ3v) is 4.75. The van der Waals surface area contributed by atoms with Crippen LogP contribution in [0.5, 0.6) is 0 Å². The first-order valence-electron chi connectivity index (χ1n) is 8.83. The van der Waals surface area contributed by atoms with Crippen molar-refractivity contribution in [1.82, 2.24) is 0 Å². The van der Waals surface area contributed by atoms with Crippen molar-refractivity contribution in [2.24, 2.45) is 0 Å². The van der Waals surface area contributed by atoms with E-state index in [9.17, 15) is 9.59 Å². The number of ketones is 1. The number of rotatable bonds is 6. The van der Waals surface area contributed by atoms with Crippen molar-refractivity contribution in [2.45, 2.75) is 0 Å². The summed E-state index contributed by atoms with van der Waals surface area (Å²) in [4.78, 5) is 24.6. The van der Waals surface area contributed by atoms with E-state index in [-0.39, 0.29) is 11.7 Å². The van der Waals surface area contributed by atoms with Crippen molar-refractivity contribution in [3.05, 3.63) is 112 Å². The van der Waals surface area contributed by atoms with E-state index >= 15 is 0 Å². The van der Waals surface area contributed by atoms with Gasteiger partial charge in [-0.15, -0.1) is 0 Å². The van der Waals surface area contributed by atoms with Gasteiger partial charge in [0, 0.05) is 17.3 Å². The summed E-state index contributed by atoms with van der Waals surface area (Å²) in [5, 5.41) is 3.64. The fraction of sp³-hybridized carbons (Fsp3) is 0. The highest BCUT2D eigenvalue weighted by Gasteiger charge is 2.05. The number of amides is 1. The Bertz CT molecular complexity index is 1090. The summed E-state index contributed by atoms with van der Waals surface area (Å²) < 4.78 is 0. The quantitative estimate of drug-likeness (QED) is 0.362. The number of carbonyl (C=O) groups excluding carboxylic acids is 2. The Balaban J connectivity index is 1.66. The zero-order valence-electron chi connectivity index (χ0n) is 15.3. The van der Waals surface area contributed by atoms with Crippen LogP contribution in [-0.2, 0) is 4.79 Å². The first-order valence-corrected chi connectivity index (χ1v) is 9.58. The Hall–Kier alpha value is -3.14. The van der Waals surface area contributed by atoms with E-state index in [2.05, 4.69) is 5.32 Å². The molecule has 0 bridgehead atoms. The van der Waals surface area contributed by atoms with E-state index in [1.807, 2.05) is 30.3 Å². The summed E-state index contributed by atoms with van der Waals surface area (Å²) in [5.74, 6) is -0.461. The largest absolute Gasteiger partial charge is 0.322 e. The molecule has 0 saturated heterocycles. The maximum atomic E-state index is 12.4. The van der Waals surface area contributed by atoms with E-state index in [0.29, 0.717) is 21.3 Å². The third kappa shape index (κ3) is 6.18. The second-order valence-electron chi connectivity index (χ2n) is 6.19. The normalized spacial score (nSPS) is 11.1. The lowest BCUT2D eigenvalue weighted by Crippen LogP contribution is -2.08. The molecule has 0 aromatic heterocycles. The maximum absolute atomic E-state index is 12.4. The number of hydrogen-bond acceptors (Lipinski definition) is 2. The molecule has 0 heterocycles. The van der Waals surface area contributed by atoms with E-state index in [4.69, 9.17) is 23.2 Å². The van der Waals surface area contributed by atoms with Gasteiger partial charge in [0.2, 0.25) is 5.91 Å². The molecule has 0 unspecified atom stereocenters. The Kier molecular flexibility index (Phi) is 7.01. The molecular weight excluding hydrogens is 405 g/mol. The van der Waals surface area contributed by atoms with Gasteiger partial charge in [0.25, 0.3) is 0 Å². The van der Waals surface area contributed by atoms with Gasteiger partial charge in [-0.2, -0.15) is 0 Å². The van der Waals surface area contributed by atoms with Gasteiger partial charge < -0.3 is 5.32 Å². The summed E-state index contributed by atoms with van der Waals surface area (Å²) in [6.45, 7) is 0. The lowest BCUT2D eigenvalue weighted by molar-refractivity contribution is -0.111. The molecule has 29 heavy (non-hydrogen) atoms. The average Bonchev–Trinajstić information content (AvgIpc) is 2.74. The minimum absolute atomic E-state index is 0.188. The van der Waals surface area contributed by atoms with E-state index in [1.54, 1.807) is 54.6 Å². The summed E-state index contributed by atoms with van der Waals surface area (Å²) in [5.41, 5.74) is 2.70. The zero-order valence-corrected chi connectivity index (χ0v) is 16.8. The van der Waals surface area contributed by atoms with E-state index < -0.39 is 0 Å². The van der Waals surface area contributed by atoms with Crippen molar-refractivity contribution in [3.63, 3.8) is 0 Å². The Morgan fingerprint density at radius 3 is 2.24 bits per heavy atom. The average molecular weight is 422 g/mol. The Morgan fingerprint density at radius 2 is 1.48 bits per heavy atom. The molecule has 0 spiro atoms. The highest BCUT2D eigenvalue weighted by Crippen LogP contribution is 2.23. The van der Waals surface area contributed by atoms with E-state index in [1.165, 1.54) is 12.2 Å². The smallest absolute Gasteiger partial charge is 0.248 e. The standard InChI is InChI=1S/C24H17Cl2NO2/c25-21-12-9-18(15-22(21)26)10-13-23(28)19-7-4-8-20(16-19)27-24(29)14-11-17-5-2-1-3-6-17/h1-16H,(H,27,29)/b13-10+,14-11?. The molecular formula is C24H17Cl2NO2. The van der Waals surface area contributed by atoms with Gasteiger partial charge >= 0.3 is 0 Å². The van der Waals surface area contributed by atoms with Crippen LogP contribution >= 0.6 is 23.2 Å². The van der Waals surface area contributed by atoms with E-state index in [0.717, 1.165) is 11.1 Å². The molecule has 0 aliphatic heterocycles. The second-order valence-corrected chi connectivity index (χ2v) is 7.00. The van der Waals surface area contributed by atoms with Crippen molar-refractivity contribution in [2.75, 3.05) is 5.32 Å². The predicted octanol–water partition coefficient (Wildman–Crippen LogP) is 6.54. The molecule has 0 atom stereocenters. The Morgan fingerprint density at radius 1 is 0.724 bits per heavy atom. The third-order valence-electron chi connectivity index (χ3n) is 4.01. The molecule has 0 saturated carbocycles. The second kappa shape index (κ2) is 9.87. The van der Waals surface area contributed by atoms with Crippen LogP contribution < -0.4 is 5.32 Å². The molecule has 5 heteroatoms. The zero-order chi connectivity index (χ0) is 20.6. The minimum atomic E-state index is -0.273. The van der Waals surface area contributed by atoms with Crippen LogP contribution in [0.3, 0.4) is 0 Å². The predicted molar refractivity (Wildman–Crippen MR) is 120 cm³/mol. The van der Waals surface area contributed by atoms with Crippen molar-refractivity contribution in [1.29, 1.82) is 0 Å². The Labute approximate surface area is 179 Å². The highest BCUT2D eigenvalue weighted by atomic mass is 35.5. The number of nitrogens with one attached hydrogen (secondary N) is 1. The van der Waals surface area contributed by atoms with Gasteiger partial charge in [-0.1, -0.05) is 77.8 Å². The topological polar surface area (TPSA) is 46.2 Å². The summed E-state index contributed by atoms with van der Waals surface area (Å²) in [7, 11) is 0. The van der Waals surface area contributed by atoms with Crippen molar-refractivity contribution >= 4 is 52.7 Å².